The molecular formula is C16H24N8S. The van der Waals surface area contributed by atoms with E-state index in [0.717, 1.165) is 60.4 Å². The minimum atomic E-state index is 0.476. The zero-order valence-corrected chi connectivity index (χ0v) is 14.9. The van der Waals surface area contributed by atoms with Crippen molar-refractivity contribution < 1.29 is 0 Å². The van der Waals surface area contributed by atoms with Gasteiger partial charge >= 0.3 is 0 Å². The van der Waals surface area contributed by atoms with Crippen LogP contribution in [0.4, 0.5) is 5.82 Å². The number of hydrogen-bond donors (Lipinski definition) is 5. The van der Waals surface area contributed by atoms with Crippen molar-refractivity contribution in [3.8, 4) is 0 Å². The molecule has 0 amide bonds. The Balaban J connectivity index is 1.28. The number of nitrogens with zero attached hydrogens (tertiary/aromatic N) is 3. The molecule has 0 aromatic carbocycles. The van der Waals surface area contributed by atoms with Gasteiger partial charge in [-0.3, -0.25) is 20.8 Å². The van der Waals surface area contributed by atoms with Crippen LogP contribution in [0.15, 0.2) is 18.6 Å². The lowest BCUT2D eigenvalue weighted by molar-refractivity contribution is 0.290. The topological polar surface area (TPSA) is 119 Å². The lowest BCUT2D eigenvalue weighted by atomic mass is 10.0. The van der Waals surface area contributed by atoms with Gasteiger partial charge in [-0.25, -0.2) is 9.97 Å². The quantitative estimate of drug-likeness (QED) is 0.298. The van der Waals surface area contributed by atoms with Gasteiger partial charge in [0.05, 0.1) is 10.4 Å². The summed E-state index contributed by atoms with van der Waals surface area (Å²) in [5.41, 5.74) is 0.883. The molecule has 0 radical (unpaired) electrons. The van der Waals surface area contributed by atoms with Crippen LogP contribution >= 0.6 is 11.9 Å². The van der Waals surface area contributed by atoms with Crippen LogP contribution in [0, 0.1) is 17.2 Å². The van der Waals surface area contributed by atoms with Crippen LogP contribution in [-0.4, -0.2) is 57.2 Å². The van der Waals surface area contributed by atoms with E-state index in [-0.39, 0.29) is 0 Å². The molecule has 1 saturated heterocycles. The molecule has 134 valence electrons. The van der Waals surface area contributed by atoms with Gasteiger partial charge in [-0.1, -0.05) is 0 Å². The van der Waals surface area contributed by atoms with Crippen LogP contribution in [0.2, 0.25) is 0 Å². The number of aromatic nitrogens is 3. The fraction of sp³-hybridized carbons (Fsp3) is 0.562. The number of anilines is 1. The SMILES string of the molecule is N=C(CNCN1C[C@H]2C[C@H](Nc3ncnc4[nH]ccc34)C[C@H]2C1)SN. The molecule has 1 saturated carbocycles. The molecule has 2 aliphatic rings. The average Bonchev–Trinajstić information content (AvgIpc) is 3.29. The summed E-state index contributed by atoms with van der Waals surface area (Å²) in [4.78, 5) is 14.3. The average molecular weight is 360 g/mol. The van der Waals surface area contributed by atoms with E-state index in [1.165, 1.54) is 12.8 Å². The molecule has 1 aliphatic carbocycles. The number of likely N-dealkylation sites (tertiary alicyclic amines) is 1. The van der Waals surface area contributed by atoms with Gasteiger partial charge in [0.25, 0.3) is 0 Å². The van der Waals surface area contributed by atoms with Crippen molar-refractivity contribution in [2.24, 2.45) is 17.0 Å². The highest BCUT2D eigenvalue weighted by molar-refractivity contribution is 8.11. The van der Waals surface area contributed by atoms with Gasteiger partial charge in [-0.15, -0.1) is 0 Å². The Morgan fingerprint density at radius 3 is 2.92 bits per heavy atom. The van der Waals surface area contributed by atoms with Crippen LogP contribution in [0.25, 0.3) is 11.0 Å². The lowest BCUT2D eigenvalue weighted by Crippen LogP contribution is -2.36. The summed E-state index contributed by atoms with van der Waals surface area (Å²) in [7, 11) is 0. The molecule has 2 aromatic heterocycles. The molecule has 1 aliphatic heterocycles. The van der Waals surface area contributed by atoms with E-state index >= 15 is 0 Å². The van der Waals surface area contributed by atoms with Crippen LogP contribution < -0.4 is 15.8 Å². The third-order valence-corrected chi connectivity index (χ3v) is 5.71. The Bertz CT molecular complexity index is 733. The van der Waals surface area contributed by atoms with Crippen molar-refractivity contribution in [3.05, 3.63) is 18.6 Å². The highest BCUT2D eigenvalue weighted by Crippen LogP contribution is 2.39. The van der Waals surface area contributed by atoms with Crippen LogP contribution in [0.5, 0.6) is 0 Å². The molecule has 0 spiro atoms. The predicted octanol–water partition coefficient (Wildman–Crippen LogP) is 1.21. The largest absolute Gasteiger partial charge is 0.367 e. The molecule has 0 unspecified atom stereocenters. The monoisotopic (exact) mass is 360 g/mol. The minimum absolute atomic E-state index is 0.476. The number of nitrogens with two attached hydrogens (primary N) is 1. The number of fused-ring (bicyclic) bond motifs is 2. The minimum Gasteiger partial charge on any atom is -0.367 e. The fourth-order valence-electron chi connectivity index (χ4n) is 4.19. The van der Waals surface area contributed by atoms with E-state index in [9.17, 15) is 0 Å². The molecule has 25 heavy (non-hydrogen) atoms. The third kappa shape index (κ3) is 3.64. The molecule has 9 heteroatoms. The number of hydrogen-bond acceptors (Lipinski definition) is 8. The first-order chi connectivity index (χ1) is 12.2. The zero-order valence-electron chi connectivity index (χ0n) is 14.0. The molecule has 0 bridgehead atoms. The Morgan fingerprint density at radius 2 is 2.16 bits per heavy atom. The first-order valence-electron chi connectivity index (χ1n) is 8.64. The summed E-state index contributed by atoms with van der Waals surface area (Å²) in [5, 5.41) is 21.4. The molecule has 8 nitrogen and oxygen atoms in total. The van der Waals surface area contributed by atoms with Crippen molar-refractivity contribution in [3.63, 3.8) is 0 Å². The molecule has 3 atom stereocenters. The van der Waals surface area contributed by atoms with Gasteiger partial charge < -0.3 is 10.3 Å². The summed E-state index contributed by atoms with van der Waals surface area (Å²) in [6, 6.07) is 2.51. The van der Waals surface area contributed by atoms with E-state index in [0.29, 0.717) is 17.6 Å². The Kier molecular flexibility index (Phi) is 4.89. The van der Waals surface area contributed by atoms with Crippen molar-refractivity contribution in [2.75, 3.05) is 31.6 Å². The molecule has 3 heterocycles. The first kappa shape index (κ1) is 16.8. The van der Waals surface area contributed by atoms with E-state index in [4.69, 9.17) is 10.5 Å². The summed E-state index contributed by atoms with van der Waals surface area (Å²) >= 11 is 1.01. The summed E-state index contributed by atoms with van der Waals surface area (Å²) < 4.78 is 0. The van der Waals surface area contributed by atoms with Gasteiger partial charge in [-0.2, -0.15) is 0 Å². The standard InChI is InChI=1S/C16H24N8S/c17-14(25-18)5-19-9-24-6-10-3-12(4-11(10)7-24)23-16-13-1-2-20-15(13)21-8-22-16/h1-2,8,10-12,17,19H,3-7,9,18H2,(H2,20,21,22,23)/t10-,11+,12+. The van der Waals surface area contributed by atoms with E-state index in [1.807, 2.05) is 12.3 Å². The lowest BCUT2D eigenvalue weighted by Gasteiger charge is -2.20. The Hall–Kier alpha value is -1.68. The van der Waals surface area contributed by atoms with Crippen molar-refractivity contribution in [1.82, 2.24) is 25.2 Å². The summed E-state index contributed by atoms with van der Waals surface area (Å²) in [6.07, 6.45) is 5.89. The number of rotatable bonds is 6. The van der Waals surface area contributed by atoms with Gasteiger partial charge in [-0.05, 0) is 42.7 Å². The van der Waals surface area contributed by atoms with E-state index in [2.05, 4.69) is 30.5 Å². The maximum absolute atomic E-state index is 7.55. The van der Waals surface area contributed by atoms with Crippen LogP contribution in [0.1, 0.15) is 12.8 Å². The second kappa shape index (κ2) is 7.28. The molecule has 4 rings (SSSR count). The highest BCUT2D eigenvalue weighted by Gasteiger charge is 2.40. The number of nitrogens with one attached hydrogen (secondary N) is 4. The van der Waals surface area contributed by atoms with Gasteiger partial charge in [0.2, 0.25) is 0 Å². The maximum Gasteiger partial charge on any atom is 0.142 e. The fourth-order valence-corrected chi connectivity index (χ4v) is 4.38. The molecule has 6 N–H and O–H groups in total. The summed E-state index contributed by atoms with van der Waals surface area (Å²) in [6.45, 7) is 3.64. The van der Waals surface area contributed by atoms with Crippen LogP contribution in [0.3, 0.4) is 0 Å². The van der Waals surface area contributed by atoms with Gasteiger partial charge in [0, 0.05) is 38.5 Å². The van der Waals surface area contributed by atoms with Gasteiger partial charge in [0.1, 0.15) is 17.8 Å². The van der Waals surface area contributed by atoms with Crippen molar-refractivity contribution in [2.45, 2.75) is 18.9 Å². The molecule has 2 aromatic rings. The van der Waals surface area contributed by atoms with Crippen molar-refractivity contribution >= 4 is 33.8 Å². The number of aromatic amines is 1. The van der Waals surface area contributed by atoms with Crippen molar-refractivity contribution in [1.29, 1.82) is 5.41 Å². The Morgan fingerprint density at radius 1 is 1.36 bits per heavy atom. The Labute approximate surface area is 151 Å². The highest BCUT2D eigenvalue weighted by atomic mass is 32.2. The summed E-state index contributed by atoms with van der Waals surface area (Å²) in [5.74, 6) is 2.42. The van der Waals surface area contributed by atoms with E-state index in [1.54, 1.807) is 6.33 Å². The van der Waals surface area contributed by atoms with E-state index < -0.39 is 0 Å². The smallest absolute Gasteiger partial charge is 0.142 e. The molecule has 2 fully saturated rings. The number of H-pyrrole nitrogens is 1. The third-order valence-electron chi connectivity index (χ3n) is 5.28. The second-order valence-corrected chi connectivity index (χ2v) is 7.69. The maximum atomic E-state index is 7.55. The van der Waals surface area contributed by atoms with Crippen LogP contribution in [-0.2, 0) is 0 Å². The molecular weight excluding hydrogens is 336 g/mol. The normalized spacial score (nSPS) is 26.2. The van der Waals surface area contributed by atoms with Gasteiger partial charge in [0.15, 0.2) is 0 Å². The predicted molar refractivity (Wildman–Crippen MR) is 101 cm³/mol. The second-order valence-electron chi connectivity index (χ2n) is 6.96. The first-order valence-corrected chi connectivity index (χ1v) is 9.52. The zero-order chi connectivity index (χ0) is 17.2.